The van der Waals surface area contributed by atoms with Gasteiger partial charge in [-0.25, -0.2) is 0 Å². The molecule has 0 saturated heterocycles. The first-order chi connectivity index (χ1) is 32.1. The van der Waals surface area contributed by atoms with Crippen LogP contribution in [0.25, 0.3) is 0 Å². The van der Waals surface area contributed by atoms with Crippen LogP contribution in [0, 0.1) is 5.92 Å². The molecule has 0 heterocycles. The van der Waals surface area contributed by atoms with E-state index in [4.69, 9.17) is 0 Å². The van der Waals surface area contributed by atoms with Crippen molar-refractivity contribution in [3.8, 4) is 0 Å². The third-order valence-electron chi connectivity index (χ3n) is 10.9. The topological polar surface area (TPSA) is 0 Å². The molecule has 0 amide bonds. The molecule has 0 atom stereocenters. The lowest BCUT2D eigenvalue weighted by Crippen LogP contribution is -2.75. The van der Waals surface area contributed by atoms with Crippen molar-refractivity contribution in [2.75, 3.05) is 0 Å². The molecule has 0 radical (unpaired) electrons. The van der Waals surface area contributed by atoms with E-state index in [9.17, 15) is 105 Å². The molecule has 0 aliphatic heterocycles. The Bertz CT molecular complexity index is 2330. The van der Waals surface area contributed by atoms with Crippen molar-refractivity contribution in [2.24, 2.45) is 0 Å². The van der Waals surface area contributed by atoms with E-state index in [0.29, 0.717) is 0 Å². The number of halogens is 24. The minimum atomic E-state index is -6.13. The van der Waals surface area contributed by atoms with E-state index in [0.717, 1.165) is 0 Å². The maximum Gasteiger partial charge on any atom is 0.416 e. The first-order valence-corrected chi connectivity index (χ1v) is 19.4. The summed E-state index contributed by atoms with van der Waals surface area (Å²) in [7, 11) is 0. The van der Waals surface area contributed by atoms with Crippen molar-refractivity contribution >= 4 is 28.0 Å². The molecule has 0 saturated carbocycles. The van der Waals surface area contributed by atoms with Gasteiger partial charge in [-0.15, -0.1) is 0 Å². The predicted octanol–water partition coefficient (Wildman–Crippen LogP) is 14.9. The lowest BCUT2D eigenvalue weighted by Gasteiger charge is -2.46. The molecule has 0 aliphatic rings. The summed E-state index contributed by atoms with van der Waals surface area (Å²) in [6.07, 6.45) is -54.8. The molecule has 71 heavy (non-hydrogen) atoms. The quantitative estimate of drug-likeness (QED) is 0.0886. The first-order valence-electron chi connectivity index (χ1n) is 19.4. The van der Waals surface area contributed by atoms with E-state index in [1.54, 1.807) is 0 Å². The van der Waals surface area contributed by atoms with Crippen molar-refractivity contribution in [3.05, 3.63) is 195 Å². The summed E-state index contributed by atoms with van der Waals surface area (Å²) in [6.45, 7) is 2.16. The minimum Gasteiger partial charge on any atom is -0.194 e. The average molecular weight is 1040 g/mol. The number of hydrogen-bond donors (Lipinski definition) is 0. The number of alkyl halides is 24. The van der Waals surface area contributed by atoms with Crippen LogP contribution in [0.3, 0.4) is 0 Å². The Morgan fingerprint density at radius 3 is 0.549 bits per heavy atom. The fraction of sp³-hybridized carbons (Fsp3) is 0.196. The molecule has 380 valence electrons. The monoisotopic (exact) mass is 1040 g/mol. The Morgan fingerprint density at radius 1 is 0.254 bits per heavy atom. The van der Waals surface area contributed by atoms with E-state index in [2.05, 4.69) is 55.5 Å². The van der Waals surface area contributed by atoms with E-state index in [-0.39, 0.29) is 0 Å². The Hall–Kier alpha value is -6.43. The molecule has 0 bridgehead atoms. The predicted molar refractivity (Wildman–Crippen MR) is 210 cm³/mol. The van der Waals surface area contributed by atoms with Gasteiger partial charge in [0.05, 0.1) is 55.6 Å². The number of benzene rings is 6. The molecular weight excluding hydrogens is 1020 g/mol. The highest BCUT2D eigenvalue weighted by atomic mass is 19.4. The summed E-state index contributed by atoms with van der Waals surface area (Å²) < 4.78 is 341. The molecule has 0 unspecified atom stereocenters. The average Bonchev–Trinajstić information content (AvgIpc) is 3.24. The number of hydrogen-bond acceptors (Lipinski definition) is 0. The van der Waals surface area contributed by atoms with Crippen LogP contribution in [0.1, 0.15) is 62.6 Å². The highest BCUT2D eigenvalue weighted by Gasteiger charge is 2.47. The second-order valence-corrected chi connectivity index (χ2v) is 15.6. The zero-order valence-electron chi connectivity index (χ0n) is 34.9. The Balaban J connectivity index is 0.000000569. The van der Waals surface area contributed by atoms with Crippen LogP contribution in [0.5, 0.6) is 0 Å². The highest BCUT2D eigenvalue weighted by Crippen LogP contribution is 2.41. The Kier molecular flexibility index (Phi) is 14.8. The molecule has 25 heteroatoms. The van der Waals surface area contributed by atoms with Crippen LogP contribution in [0.4, 0.5) is 105 Å². The molecule has 0 N–H and O–H groups in total. The number of rotatable bonds is 6. The van der Waals surface area contributed by atoms with Gasteiger partial charge in [-0.05, 0) is 67.6 Å². The Morgan fingerprint density at radius 2 is 0.408 bits per heavy atom. The summed E-state index contributed by atoms with van der Waals surface area (Å²) in [5, 5.41) is 0. The standard InChI is InChI=1S/C32H12BF24.C14H13/c34-25(35,36)13-1-14(26(37,38)39)6-21(5-13)33(22-7-15(27(40,41)42)2-16(8-22)28(43,44)45,23-9-17(29(46,47)48)3-18(10-23)30(49,50)51)24-11-19(31(52,53)54)4-20(12-24)32(55,56)57;1-12(13-8-4-2-5-9-13)14-10-6-3-7-11-14/h1-12H;2-11H,1H3/q-1;+1. The molecule has 6 aromatic carbocycles. The van der Waals surface area contributed by atoms with Crippen LogP contribution < -0.4 is 21.9 Å². The van der Waals surface area contributed by atoms with Gasteiger partial charge in [-0.3, -0.25) is 0 Å². The largest absolute Gasteiger partial charge is 0.416 e. The van der Waals surface area contributed by atoms with Gasteiger partial charge in [0.1, 0.15) is 6.15 Å². The zero-order valence-corrected chi connectivity index (χ0v) is 34.9. The van der Waals surface area contributed by atoms with Crippen LogP contribution in [-0.2, 0) is 49.4 Å². The van der Waals surface area contributed by atoms with E-state index in [1.807, 2.05) is 12.1 Å². The van der Waals surface area contributed by atoms with E-state index in [1.165, 1.54) is 17.0 Å². The third-order valence-corrected chi connectivity index (χ3v) is 10.9. The van der Waals surface area contributed by atoms with Crippen molar-refractivity contribution in [1.82, 2.24) is 0 Å². The Labute approximate surface area is 384 Å². The summed E-state index contributed by atoms with van der Waals surface area (Å²) in [4.78, 5) is 0. The van der Waals surface area contributed by atoms with Crippen LogP contribution in [-0.4, -0.2) is 6.15 Å². The lowest BCUT2D eigenvalue weighted by atomic mass is 9.12. The normalized spacial score (nSPS) is 13.4. The van der Waals surface area contributed by atoms with Crippen LogP contribution >= 0.6 is 0 Å². The zero-order chi connectivity index (χ0) is 53.7. The lowest BCUT2D eigenvalue weighted by molar-refractivity contribution is -0.144. The molecule has 0 nitrogen and oxygen atoms in total. The van der Waals surface area contributed by atoms with Crippen molar-refractivity contribution < 1.29 is 105 Å². The van der Waals surface area contributed by atoms with E-state index >= 15 is 0 Å². The molecular formula is C46H25BF24. The second-order valence-electron chi connectivity index (χ2n) is 15.6. The maximum atomic E-state index is 14.2. The van der Waals surface area contributed by atoms with Crippen LogP contribution in [0.2, 0.25) is 0 Å². The summed E-state index contributed by atoms with van der Waals surface area (Å²) in [6, 6.07) is 12.1. The molecule has 0 aromatic heterocycles. The van der Waals surface area contributed by atoms with Crippen molar-refractivity contribution in [2.45, 2.75) is 56.3 Å². The highest BCUT2D eigenvalue weighted by molar-refractivity contribution is 7.20. The summed E-state index contributed by atoms with van der Waals surface area (Å²) in [5.41, 5.74) is -27.6. The smallest absolute Gasteiger partial charge is 0.194 e. The van der Waals surface area contributed by atoms with Gasteiger partial charge < -0.3 is 0 Å². The fourth-order valence-electron chi connectivity index (χ4n) is 7.61. The molecule has 6 aromatic rings. The molecule has 0 fully saturated rings. The van der Waals surface area contributed by atoms with Gasteiger partial charge >= 0.3 is 49.4 Å². The minimum absolute atomic E-state index is 0.691. The van der Waals surface area contributed by atoms with Crippen molar-refractivity contribution in [1.29, 1.82) is 0 Å². The van der Waals surface area contributed by atoms with E-state index < -0.39 is 195 Å². The van der Waals surface area contributed by atoms with Gasteiger partial charge in [-0.1, -0.05) is 48.5 Å². The molecule has 0 spiro atoms. The SMILES string of the molecule is C[C+](c1ccccc1)c1ccccc1.FC(F)(F)c1cc([B-](c2cc(C(F)(F)F)cc(C(F)(F)F)c2)(c2cc(C(F)(F)F)cc(C(F)(F)F)c2)c2cc(C(F)(F)F)cc(C(F)(F)F)c2)cc(C(F)(F)F)c1. The summed E-state index contributed by atoms with van der Waals surface area (Å²) in [5.74, 6) is 1.33. The van der Waals surface area contributed by atoms with Gasteiger partial charge in [-0.2, -0.15) is 127 Å². The van der Waals surface area contributed by atoms with Crippen LogP contribution in [0.15, 0.2) is 133 Å². The van der Waals surface area contributed by atoms with Gasteiger partial charge in [0.25, 0.3) is 0 Å². The first kappa shape index (κ1) is 55.5. The van der Waals surface area contributed by atoms with Gasteiger partial charge in [0.2, 0.25) is 0 Å². The van der Waals surface area contributed by atoms with Gasteiger partial charge in [0.15, 0.2) is 0 Å². The second kappa shape index (κ2) is 19.0. The molecule has 0 aliphatic carbocycles. The maximum absolute atomic E-state index is 14.2. The fourth-order valence-corrected chi connectivity index (χ4v) is 7.61. The van der Waals surface area contributed by atoms with Crippen molar-refractivity contribution in [3.63, 3.8) is 0 Å². The molecule has 6 rings (SSSR count). The summed E-state index contributed by atoms with van der Waals surface area (Å²) >= 11 is 0. The van der Waals surface area contributed by atoms with Gasteiger partial charge in [0, 0.05) is 30.2 Å². The third kappa shape index (κ3) is 12.7.